The van der Waals surface area contributed by atoms with E-state index in [1.54, 1.807) is 0 Å². The first kappa shape index (κ1) is 14.7. The number of hydrogen-bond donors (Lipinski definition) is 2. The summed E-state index contributed by atoms with van der Waals surface area (Å²) in [6.07, 6.45) is 0. The van der Waals surface area contributed by atoms with Crippen LogP contribution in [0.1, 0.15) is 5.56 Å². The van der Waals surface area contributed by atoms with Crippen molar-refractivity contribution in [1.82, 2.24) is 0 Å². The molecule has 0 saturated heterocycles. The van der Waals surface area contributed by atoms with Crippen molar-refractivity contribution < 1.29 is 13.2 Å². The zero-order chi connectivity index (χ0) is 15.5. The smallest absolute Gasteiger partial charge is 0.265 e. The van der Waals surface area contributed by atoms with Crippen molar-refractivity contribution in [3.63, 3.8) is 0 Å². The molecule has 0 unspecified atom stereocenters. The Morgan fingerprint density at radius 2 is 1.86 bits per heavy atom. The van der Waals surface area contributed by atoms with Gasteiger partial charge in [0.1, 0.15) is 10.6 Å². The third-order valence-electron chi connectivity index (χ3n) is 2.74. The average molecular weight is 303 g/mol. The zero-order valence-electron chi connectivity index (χ0n) is 11.2. The van der Waals surface area contributed by atoms with Gasteiger partial charge in [-0.15, -0.1) is 0 Å². The van der Waals surface area contributed by atoms with Crippen molar-refractivity contribution in [1.29, 1.82) is 5.26 Å². The van der Waals surface area contributed by atoms with Crippen LogP contribution in [0.5, 0.6) is 5.75 Å². The van der Waals surface area contributed by atoms with E-state index in [2.05, 4.69) is 4.72 Å². The molecule has 0 saturated carbocycles. The fraction of sp³-hybridized carbons (Fsp3) is 0.0714. The van der Waals surface area contributed by atoms with Crippen LogP contribution >= 0.6 is 0 Å². The molecule has 2 rings (SSSR count). The van der Waals surface area contributed by atoms with Gasteiger partial charge in [-0.2, -0.15) is 5.26 Å². The van der Waals surface area contributed by atoms with Crippen LogP contribution < -0.4 is 15.2 Å². The molecule has 21 heavy (non-hydrogen) atoms. The molecule has 0 aliphatic heterocycles. The summed E-state index contributed by atoms with van der Waals surface area (Å²) in [7, 11) is -2.44. The normalized spacial score (nSPS) is 10.7. The third kappa shape index (κ3) is 3.24. The van der Waals surface area contributed by atoms with E-state index in [0.717, 1.165) is 0 Å². The number of ether oxygens (including phenoxy) is 1. The molecule has 2 aromatic rings. The van der Waals surface area contributed by atoms with Crippen molar-refractivity contribution >= 4 is 21.4 Å². The summed E-state index contributed by atoms with van der Waals surface area (Å²) in [4.78, 5) is -0.0106. The SMILES string of the molecule is COc1cc(N)ccc1S(=O)(=O)Nc1ccc(C#N)cc1. The standard InChI is InChI=1S/C14H13N3O3S/c1-20-13-8-11(16)4-7-14(13)21(18,19)17-12-5-2-10(9-15)3-6-12/h2-8,17H,16H2,1H3. The van der Waals surface area contributed by atoms with Gasteiger partial charge in [-0.25, -0.2) is 8.42 Å². The molecule has 0 atom stereocenters. The fourth-order valence-corrected chi connectivity index (χ4v) is 2.94. The van der Waals surface area contributed by atoms with Crippen LogP contribution in [0.2, 0.25) is 0 Å². The van der Waals surface area contributed by atoms with Crippen LogP contribution in [0.25, 0.3) is 0 Å². The Morgan fingerprint density at radius 1 is 1.19 bits per heavy atom. The van der Waals surface area contributed by atoms with Gasteiger partial charge in [-0.05, 0) is 36.4 Å². The second kappa shape index (κ2) is 5.73. The number of nitrogens with one attached hydrogen (secondary N) is 1. The predicted octanol–water partition coefficient (Wildman–Crippen LogP) is 1.95. The second-order valence-electron chi connectivity index (χ2n) is 4.20. The summed E-state index contributed by atoms with van der Waals surface area (Å²) in [5.41, 5.74) is 6.81. The monoisotopic (exact) mass is 303 g/mol. The summed E-state index contributed by atoms with van der Waals surface area (Å²) in [6, 6.07) is 12.3. The van der Waals surface area contributed by atoms with Gasteiger partial charge in [0, 0.05) is 17.4 Å². The van der Waals surface area contributed by atoms with Gasteiger partial charge in [-0.3, -0.25) is 4.72 Å². The first-order valence-corrected chi connectivity index (χ1v) is 7.41. The lowest BCUT2D eigenvalue weighted by molar-refractivity contribution is 0.403. The van der Waals surface area contributed by atoms with Crippen LogP contribution in [-0.2, 0) is 10.0 Å². The topological polar surface area (TPSA) is 105 Å². The van der Waals surface area contributed by atoms with E-state index in [1.807, 2.05) is 6.07 Å². The maximum atomic E-state index is 12.4. The molecule has 0 aliphatic rings. The molecule has 0 aliphatic carbocycles. The summed E-state index contributed by atoms with van der Waals surface area (Å²) in [5.74, 6) is 0.163. The molecule has 3 N–H and O–H groups in total. The van der Waals surface area contributed by atoms with Gasteiger partial charge in [0.2, 0.25) is 0 Å². The van der Waals surface area contributed by atoms with Crippen LogP contribution in [0.15, 0.2) is 47.4 Å². The van der Waals surface area contributed by atoms with E-state index in [9.17, 15) is 8.42 Å². The Labute approximate surface area is 122 Å². The van der Waals surface area contributed by atoms with E-state index in [0.29, 0.717) is 16.9 Å². The molecular weight excluding hydrogens is 290 g/mol. The molecule has 7 heteroatoms. The van der Waals surface area contributed by atoms with Crippen LogP contribution in [0.3, 0.4) is 0 Å². The molecule has 6 nitrogen and oxygen atoms in total. The average Bonchev–Trinajstić information content (AvgIpc) is 2.47. The van der Waals surface area contributed by atoms with E-state index < -0.39 is 10.0 Å². The largest absolute Gasteiger partial charge is 0.495 e. The highest BCUT2D eigenvalue weighted by Crippen LogP contribution is 2.27. The molecular formula is C14H13N3O3S. The number of nitrogens with zero attached hydrogens (tertiary/aromatic N) is 1. The van der Waals surface area contributed by atoms with Gasteiger partial charge < -0.3 is 10.5 Å². The van der Waals surface area contributed by atoms with E-state index in [-0.39, 0.29) is 10.6 Å². The molecule has 0 spiro atoms. The van der Waals surface area contributed by atoms with Gasteiger partial charge in [0.25, 0.3) is 10.0 Å². The maximum Gasteiger partial charge on any atom is 0.265 e. The lowest BCUT2D eigenvalue weighted by Gasteiger charge is -2.12. The lowest BCUT2D eigenvalue weighted by Crippen LogP contribution is -2.14. The van der Waals surface area contributed by atoms with Crippen molar-refractivity contribution in [3.05, 3.63) is 48.0 Å². The zero-order valence-corrected chi connectivity index (χ0v) is 12.0. The van der Waals surface area contributed by atoms with Crippen molar-refractivity contribution in [2.24, 2.45) is 0 Å². The Bertz CT molecular complexity index is 793. The number of benzene rings is 2. The highest BCUT2D eigenvalue weighted by Gasteiger charge is 2.19. The lowest BCUT2D eigenvalue weighted by atomic mass is 10.2. The summed E-state index contributed by atoms with van der Waals surface area (Å²) in [6.45, 7) is 0. The predicted molar refractivity (Wildman–Crippen MR) is 79.4 cm³/mol. The van der Waals surface area contributed by atoms with E-state index in [4.69, 9.17) is 15.7 Å². The quantitative estimate of drug-likeness (QED) is 0.840. The molecule has 2 aromatic carbocycles. The third-order valence-corrected chi connectivity index (χ3v) is 4.16. The Balaban J connectivity index is 2.36. The molecule has 108 valence electrons. The van der Waals surface area contributed by atoms with Crippen LogP contribution in [0.4, 0.5) is 11.4 Å². The maximum absolute atomic E-state index is 12.4. The van der Waals surface area contributed by atoms with Crippen molar-refractivity contribution in [2.45, 2.75) is 4.90 Å². The van der Waals surface area contributed by atoms with E-state index >= 15 is 0 Å². The highest BCUT2D eigenvalue weighted by atomic mass is 32.2. The number of hydrogen-bond acceptors (Lipinski definition) is 5. The first-order chi connectivity index (χ1) is 9.96. The van der Waals surface area contributed by atoms with Crippen molar-refractivity contribution in [2.75, 3.05) is 17.6 Å². The number of nitrogen functional groups attached to an aromatic ring is 1. The van der Waals surface area contributed by atoms with Gasteiger partial charge in [0.05, 0.1) is 18.7 Å². The molecule has 0 fully saturated rings. The second-order valence-corrected chi connectivity index (χ2v) is 5.86. The summed E-state index contributed by atoms with van der Waals surface area (Å²) >= 11 is 0. The number of anilines is 2. The molecule has 0 bridgehead atoms. The van der Waals surface area contributed by atoms with Gasteiger partial charge >= 0.3 is 0 Å². The molecule has 0 amide bonds. The highest BCUT2D eigenvalue weighted by molar-refractivity contribution is 7.92. The number of methoxy groups -OCH3 is 1. The fourth-order valence-electron chi connectivity index (χ4n) is 1.73. The molecule has 0 aromatic heterocycles. The molecule has 0 heterocycles. The Morgan fingerprint density at radius 3 is 2.43 bits per heavy atom. The molecule has 0 radical (unpaired) electrons. The number of nitrogens with two attached hydrogens (primary N) is 1. The number of nitriles is 1. The minimum Gasteiger partial charge on any atom is -0.495 e. The first-order valence-electron chi connectivity index (χ1n) is 5.93. The summed E-state index contributed by atoms with van der Waals surface area (Å²) in [5, 5.41) is 8.72. The minimum atomic E-state index is -3.81. The Kier molecular flexibility index (Phi) is 4.00. The minimum absolute atomic E-state index is 0.0106. The van der Waals surface area contributed by atoms with Gasteiger partial charge in [0.15, 0.2) is 0 Å². The Hall–Kier alpha value is -2.72. The number of sulfonamides is 1. The van der Waals surface area contributed by atoms with Crippen molar-refractivity contribution in [3.8, 4) is 11.8 Å². The van der Waals surface area contributed by atoms with Crippen LogP contribution in [0, 0.1) is 11.3 Å². The van der Waals surface area contributed by atoms with Gasteiger partial charge in [-0.1, -0.05) is 0 Å². The van der Waals surface area contributed by atoms with E-state index in [1.165, 1.54) is 49.6 Å². The van der Waals surface area contributed by atoms with Crippen LogP contribution in [-0.4, -0.2) is 15.5 Å². The number of rotatable bonds is 4. The summed E-state index contributed by atoms with van der Waals surface area (Å²) < 4.78 is 32.2.